The fraction of sp³-hybridized carbons (Fsp3) is 0.0588. The molecule has 0 aromatic heterocycles. The lowest BCUT2D eigenvalue weighted by Gasteiger charge is -2.08. The van der Waals surface area contributed by atoms with Crippen molar-refractivity contribution in [2.24, 2.45) is 0 Å². The Balaban J connectivity index is 2.13. The molecule has 0 N–H and O–H groups in total. The van der Waals surface area contributed by atoms with Crippen LogP contribution in [0.5, 0.6) is 5.75 Å². The smallest absolute Gasteiger partial charge is 0.259 e. The van der Waals surface area contributed by atoms with Gasteiger partial charge in [0.05, 0.1) is 5.02 Å². The first-order chi connectivity index (χ1) is 10.6. The molecule has 2 aromatic carbocycles. The Morgan fingerprint density at radius 1 is 1.18 bits per heavy atom. The van der Waals surface area contributed by atoms with E-state index >= 15 is 0 Å². The van der Waals surface area contributed by atoms with Crippen molar-refractivity contribution in [3.05, 3.63) is 70.8 Å². The predicted molar refractivity (Wildman–Crippen MR) is 87.2 cm³/mol. The highest BCUT2D eigenvalue weighted by Crippen LogP contribution is 2.24. The van der Waals surface area contributed by atoms with Gasteiger partial charge >= 0.3 is 0 Å². The number of alkyl halides is 1. The average molecular weight is 334 g/mol. The minimum absolute atomic E-state index is 0.218. The quantitative estimate of drug-likeness (QED) is 0.450. The fourth-order valence-corrected chi connectivity index (χ4v) is 2.10. The van der Waals surface area contributed by atoms with Crippen molar-refractivity contribution in [3.8, 4) is 5.75 Å². The average Bonchev–Trinajstić information content (AvgIpc) is 2.53. The van der Waals surface area contributed by atoms with Crippen LogP contribution in [0.1, 0.15) is 15.9 Å². The van der Waals surface area contributed by atoms with Crippen molar-refractivity contribution in [3.63, 3.8) is 0 Å². The second-order valence-corrected chi connectivity index (χ2v) is 5.11. The number of halogens is 2. The Bertz CT molecular complexity index is 696. The maximum absolute atomic E-state index is 12.1. The zero-order valence-electron chi connectivity index (χ0n) is 11.3. The van der Waals surface area contributed by atoms with Gasteiger partial charge in [0, 0.05) is 5.56 Å². The van der Waals surface area contributed by atoms with E-state index in [1.807, 2.05) is 30.3 Å². The molecule has 111 valence electrons. The Morgan fingerprint density at radius 3 is 2.55 bits per heavy atom. The van der Waals surface area contributed by atoms with Crippen LogP contribution in [-0.4, -0.2) is 17.6 Å². The molecule has 5 heteroatoms. The van der Waals surface area contributed by atoms with Gasteiger partial charge in [-0.25, -0.2) is 0 Å². The molecule has 2 rings (SSSR count). The standard InChI is InChI=1S/C17H11Cl2O3/c18-15-10-13(22-17(19)11-20)7-8-14(15)16(21)9-6-12-4-2-1-3-5-12/h1-10,17H. The van der Waals surface area contributed by atoms with Crippen molar-refractivity contribution in [2.45, 2.75) is 5.56 Å². The molecule has 0 saturated heterocycles. The number of carbonyl (C=O) groups is 1. The highest BCUT2D eigenvalue weighted by molar-refractivity contribution is 6.34. The highest BCUT2D eigenvalue weighted by Gasteiger charge is 2.11. The Hall–Kier alpha value is -2.10. The summed E-state index contributed by atoms with van der Waals surface area (Å²) in [4.78, 5) is 22.4. The fourth-order valence-electron chi connectivity index (χ4n) is 1.74. The number of ether oxygens (including phenoxy) is 1. The third-order valence-electron chi connectivity index (χ3n) is 2.76. The van der Waals surface area contributed by atoms with Crippen LogP contribution < -0.4 is 4.74 Å². The van der Waals surface area contributed by atoms with E-state index in [2.05, 4.69) is 0 Å². The molecule has 1 radical (unpaired) electrons. The largest absolute Gasteiger partial charge is 0.467 e. The third kappa shape index (κ3) is 4.45. The van der Waals surface area contributed by atoms with E-state index in [1.54, 1.807) is 6.08 Å². The number of hydrogen-bond acceptors (Lipinski definition) is 3. The van der Waals surface area contributed by atoms with E-state index < -0.39 is 5.56 Å². The molecule has 0 bridgehead atoms. The van der Waals surface area contributed by atoms with Crippen LogP contribution in [0.15, 0.2) is 54.6 Å². The van der Waals surface area contributed by atoms with Gasteiger partial charge in [-0.05, 0) is 29.8 Å². The lowest BCUT2D eigenvalue weighted by atomic mass is 10.1. The van der Waals surface area contributed by atoms with Gasteiger partial charge in [-0.15, -0.1) is 0 Å². The van der Waals surface area contributed by atoms with Crippen LogP contribution in [0, 0.1) is 0 Å². The van der Waals surface area contributed by atoms with Gasteiger partial charge in [-0.3, -0.25) is 9.59 Å². The molecule has 0 saturated carbocycles. The predicted octanol–water partition coefficient (Wildman–Crippen LogP) is 4.29. The zero-order valence-corrected chi connectivity index (χ0v) is 12.8. The second-order valence-electron chi connectivity index (χ2n) is 4.30. The maximum Gasteiger partial charge on any atom is 0.259 e. The van der Waals surface area contributed by atoms with Crippen LogP contribution in [0.4, 0.5) is 0 Å². The van der Waals surface area contributed by atoms with Gasteiger partial charge in [0.2, 0.25) is 5.56 Å². The molecule has 0 aliphatic rings. The van der Waals surface area contributed by atoms with Crippen molar-refractivity contribution >= 4 is 41.3 Å². The van der Waals surface area contributed by atoms with E-state index in [4.69, 9.17) is 27.9 Å². The van der Waals surface area contributed by atoms with E-state index in [-0.39, 0.29) is 16.6 Å². The molecule has 22 heavy (non-hydrogen) atoms. The summed E-state index contributed by atoms with van der Waals surface area (Å²) >= 11 is 11.6. The van der Waals surface area contributed by atoms with Crippen LogP contribution >= 0.6 is 23.2 Å². The normalized spacial score (nSPS) is 12.1. The number of benzene rings is 2. The van der Waals surface area contributed by atoms with E-state index in [0.717, 1.165) is 5.56 Å². The molecule has 0 spiro atoms. The van der Waals surface area contributed by atoms with Crippen LogP contribution in [0.2, 0.25) is 5.02 Å². The van der Waals surface area contributed by atoms with E-state index in [1.165, 1.54) is 30.6 Å². The number of allylic oxidation sites excluding steroid dienone is 1. The molecule has 0 amide bonds. The molecule has 0 heterocycles. The van der Waals surface area contributed by atoms with E-state index in [0.29, 0.717) is 5.56 Å². The van der Waals surface area contributed by atoms with Gasteiger partial charge in [0.25, 0.3) is 6.29 Å². The monoisotopic (exact) mass is 333 g/mol. The molecular formula is C17H11Cl2O3. The first kappa shape index (κ1) is 16.3. The number of carbonyl (C=O) groups excluding carboxylic acids is 2. The number of ketones is 1. The van der Waals surface area contributed by atoms with Crippen molar-refractivity contribution < 1.29 is 14.3 Å². The lowest BCUT2D eigenvalue weighted by molar-refractivity contribution is 0.104. The summed E-state index contributed by atoms with van der Waals surface area (Å²) in [7, 11) is 0. The summed E-state index contributed by atoms with van der Waals surface area (Å²) in [6.45, 7) is 0. The minimum Gasteiger partial charge on any atom is -0.467 e. The highest BCUT2D eigenvalue weighted by atomic mass is 35.5. The van der Waals surface area contributed by atoms with Crippen LogP contribution in [-0.2, 0) is 4.79 Å². The van der Waals surface area contributed by atoms with E-state index in [9.17, 15) is 9.59 Å². The summed E-state index contributed by atoms with van der Waals surface area (Å²) in [6, 6.07) is 13.9. The van der Waals surface area contributed by atoms with Crippen LogP contribution in [0.3, 0.4) is 0 Å². The van der Waals surface area contributed by atoms with Gasteiger partial charge in [-0.2, -0.15) is 0 Å². The summed E-state index contributed by atoms with van der Waals surface area (Å²) in [5, 5.41) is 0.218. The Morgan fingerprint density at radius 2 is 1.91 bits per heavy atom. The molecule has 3 nitrogen and oxygen atoms in total. The van der Waals surface area contributed by atoms with Gasteiger partial charge < -0.3 is 4.74 Å². The molecule has 1 atom stereocenters. The SMILES string of the molecule is O=[C]C(Cl)Oc1ccc(C(=O)C=Cc2ccccc2)c(Cl)c1. The summed E-state index contributed by atoms with van der Waals surface area (Å²) < 4.78 is 5.04. The summed E-state index contributed by atoms with van der Waals surface area (Å²) in [5.41, 5.74) is 0.0384. The van der Waals surface area contributed by atoms with Crippen molar-refractivity contribution in [2.75, 3.05) is 0 Å². The third-order valence-corrected chi connectivity index (χ3v) is 3.26. The molecule has 0 aliphatic heterocycles. The second kappa shape index (κ2) is 7.78. The van der Waals surface area contributed by atoms with Gasteiger partial charge in [-0.1, -0.05) is 59.6 Å². The van der Waals surface area contributed by atoms with Crippen molar-refractivity contribution in [1.82, 2.24) is 0 Å². The van der Waals surface area contributed by atoms with Gasteiger partial charge in [0.15, 0.2) is 5.78 Å². The summed E-state index contributed by atoms with van der Waals surface area (Å²) in [5.74, 6) is 0.0571. The molecule has 2 aromatic rings. The Kier molecular flexibility index (Phi) is 5.75. The van der Waals surface area contributed by atoms with Crippen molar-refractivity contribution in [1.29, 1.82) is 0 Å². The van der Waals surface area contributed by atoms with Gasteiger partial charge in [0.1, 0.15) is 5.75 Å². The topological polar surface area (TPSA) is 43.4 Å². The molecular weight excluding hydrogens is 323 g/mol. The molecule has 0 aliphatic carbocycles. The Labute approximate surface area is 138 Å². The number of hydrogen-bond donors (Lipinski definition) is 0. The lowest BCUT2D eigenvalue weighted by Crippen LogP contribution is -2.09. The first-order valence-corrected chi connectivity index (χ1v) is 7.17. The molecule has 0 fully saturated rings. The molecule has 1 unspecified atom stereocenters. The first-order valence-electron chi connectivity index (χ1n) is 6.35. The number of rotatable bonds is 6. The minimum atomic E-state index is -1.21. The zero-order chi connectivity index (χ0) is 15.9. The van der Waals surface area contributed by atoms with Crippen LogP contribution in [0.25, 0.3) is 6.08 Å². The maximum atomic E-state index is 12.1. The summed E-state index contributed by atoms with van der Waals surface area (Å²) in [6.07, 6.45) is 4.63.